The Hall–Kier alpha value is -1.59. The third kappa shape index (κ3) is 2.78. The number of hydrogen-bond donors (Lipinski definition) is 2. The van der Waals surface area contributed by atoms with Crippen LogP contribution in [-0.2, 0) is 11.2 Å². The maximum Gasteiger partial charge on any atom is 0.223 e. The molecule has 3 N–H and O–H groups in total. The Morgan fingerprint density at radius 3 is 2.90 bits per heavy atom. The normalized spacial score (nSPS) is 22.1. The van der Waals surface area contributed by atoms with Crippen LogP contribution in [0.1, 0.15) is 25.8 Å². The van der Waals surface area contributed by atoms with Crippen molar-refractivity contribution in [3.63, 3.8) is 0 Å². The number of nitrogens with two attached hydrogens (primary N) is 1. The molecule has 110 valence electrons. The molecule has 0 spiro atoms. The third-order valence-electron chi connectivity index (χ3n) is 3.73. The summed E-state index contributed by atoms with van der Waals surface area (Å²) in [4.78, 5) is 13.6. The molecule has 2 rings (SSSR count). The quantitative estimate of drug-likeness (QED) is 0.867. The van der Waals surface area contributed by atoms with Gasteiger partial charge in [0, 0.05) is 26.4 Å². The second kappa shape index (κ2) is 5.81. The summed E-state index contributed by atoms with van der Waals surface area (Å²) in [7, 11) is 0. The standard InChI is InChI=1S/C15H22N2O3/c1-3-20-13-6-4-5-12-9-15(19,10-16)7-8-17(11(2)18)14(12)13/h4-6,19H,3,7-10,16H2,1-2H3. The van der Waals surface area contributed by atoms with Gasteiger partial charge in [-0.05, 0) is 25.0 Å². The summed E-state index contributed by atoms with van der Waals surface area (Å²) in [6.45, 7) is 4.59. The number of nitrogens with zero attached hydrogens (tertiary/aromatic N) is 1. The van der Waals surface area contributed by atoms with Gasteiger partial charge in [0.2, 0.25) is 5.91 Å². The molecule has 5 nitrogen and oxygen atoms in total. The van der Waals surface area contributed by atoms with Crippen molar-refractivity contribution in [2.24, 2.45) is 5.73 Å². The van der Waals surface area contributed by atoms with E-state index in [0.29, 0.717) is 31.7 Å². The summed E-state index contributed by atoms with van der Waals surface area (Å²) in [5.41, 5.74) is 6.40. The van der Waals surface area contributed by atoms with E-state index in [2.05, 4.69) is 0 Å². The molecule has 0 bridgehead atoms. The van der Waals surface area contributed by atoms with Crippen molar-refractivity contribution in [1.29, 1.82) is 0 Å². The molecular formula is C15H22N2O3. The van der Waals surface area contributed by atoms with Gasteiger partial charge < -0.3 is 20.5 Å². The zero-order valence-corrected chi connectivity index (χ0v) is 12.1. The second-order valence-electron chi connectivity index (χ2n) is 5.22. The second-order valence-corrected chi connectivity index (χ2v) is 5.22. The smallest absolute Gasteiger partial charge is 0.223 e. The monoisotopic (exact) mass is 278 g/mol. The average Bonchev–Trinajstić information content (AvgIpc) is 2.56. The van der Waals surface area contributed by atoms with Crippen LogP contribution in [0.5, 0.6) is 5.75 Å². The van der Waals surface area contributed by atoms with Crippen LogP contribution < -0.4 is 15.4 Å². The first kappa shape index (κ1) is 14.8. The summed E-state index contributed by atoms with van der Waals surface area (Å²) in [5, 5.41) is 10.5. The molecule has 1 aliphatic rings. The highest BCUT2D eigenvalue weighted by Crippen LogP contribution is 2.38. The molecule has 0 saturated heterocycles. The lowest BCUT2D eigenvalue weighted by Crippen LogP contribution is -2.41. The average molecular weight is 278 g/mol. The molecule has 1 heterocycles. The summed E-state index contributed by atoms with van der Waals surface area (Å²) < 4.78 is 5.64. The van der Waals surface area contributed by atoms with E-state index in [0.717, 1.165) is 11.3 Å². The Balaban J connectivity index is 2.53. The van der Waals surface area contributed by atoms with Crippen LogP contribution >= 0.6 is 0 Å². The SMILES string of the molecule is CCOc1cccc2c1N(C(C)=O)CCC(O)(CN)C2. The van der Waals surface area contributed by atoms with Crippen LogP contribution in [0.4, 0.5) is 5.69 Å². The van der Waals surface area contributed by atoms with Crippen LogP contribution in [0, 0.1) is 0 Å². The van der Waals surface area contributed by atoms with E-state index in [1.54, 1.807) is 4.90 Å². The van der Waals surface area contributed by atoms with Crippen molar-refractivity contribution in [2.75, 3.05) is 24.6 Å². The topological polar surface area (TPSA) is 75.8 Å². The van der Waals surface area contributed by atoms with Crippen LogP contribution in [0.15, 0.2) is 18.2 Å². The first-order valence-corrected chi connectivity index (χ1v) is 6.96. The molecule has 1 aromatic carbocycles. The highest BCUT2D eigenvalue weighted by molar-refractivity contribution is 5.94. The van der Waals surface area contributed by atoms with Gasteiger partial charge in [-0.25, -0.2) is 0 Å². The number of hydrogen-bond acceptors (Lipinski definition) is 4. The maximum atomic E-state index is 11.9. The van der Waals surface area contributed by atoms with Gasteiger partial charge in [0.1, 0.15) is 5.75 Å². The van der Waals surface area contributed by atoms with Gasteiger partial charge in [-0.2, -0.15) is 0 Å². The minimum Gasteiger partial charge on any atom is -0.492 e. The fourth-order valence-corrected chi connectivity index (χ4v) is 2.65. The molecule has 1 atom stereocenters. The van der Waals surface area contributed by atoms with Crippen LogP contribution in [-0.4, -0.2) is 36.3 Å². The molecule has 1 aromatic rings. The minimum atomic E-state index is -0.968. The highest BCUT2D eigenvalue weighted by Gasteiger charge is 2.34. The van der Waals surface area contributed by atoms with Gasteiger partial charge in [0.15, 0.2) is 0 Å². The van der Waals surface area contributed by atoms with Gasteiger partial charge in [0.25, 0.3) is 0 Å². The van der Waals surface area contributed by atoms with Crippen molar-refractivity contribution in [2.45, 2.75) is 32.3 Å². The number of aliphatic hydroxyl groups is 1. The number of amides is 1. The number of para-hydroxylation sites is 1. The number of fused-ring (bicyclic) bond motifs is 1. The van der Waals surface area contributed by atoms with E-state index in [1.165, 1.54) is 6.92 Å². The molecule has 1 aliphatic heterocycles. The zero-order valence-electron chi connectivity index (χ0n) is 12.1. The van der Waals surface area contributed by atoms with E-state index < -0.39 is 5.60 Å². The Morgan fingerprint density at radius 2 is 2.30 bits per heavy atom. The zero-order chi connectivity index (χ0) is 14.8. The molecule has 0 fully saturated rings. The summed E-state index contributed by atoms with van der Waals surface area (Å²) in [5.74, 6) is 0.626. The predicted octanol–water partition coefficient (Wildman–Crippen LogP) is 1.07. The minimum absolute atomic E-state index is 0.0559. The van der Waals surface area contributed by atoms with Crippen molar-refractivity contribution in [1.82, 2.24) is 0 Å². The maximum absolute atomic E-state index is 11.9. The Labute approximate surface area is 119 Å². The molecule has 1 amide bonds. The number of carbonyl (C=O) groups is 1. The van der Waals surface area contributed by atoms with Gasteiger partial charge in [-0.15, -0.1) is 0 Å². The van der Waals surface area contributed by atoms with E-state index in [1.807, 2.05) is 25.1 Å². The van der Waals surface area contributed by atoms with Crippen LogP contribution in [0.2, 0.25) is 0 Å². The third-order valence-corrected chi connectivity index (χ3v) is 3.73. The molecular weight excluding hydrogens is 256 g/mol. The van der Waals surface area contributed by atoms with E-state index in [9.17, 15) is 9.90 Å². The van der Waals surface area contributed by atoms with Crippen molar-refractivity contribution < 1.29 is 14.6 Å². The Bertz CT molecular complexity index is 504. The summed E-state index contributed by atoms with van der Waals surface area (Å²) in [6, 6.07) is 5.65. The fraction of sp³-hybridized carbons (Fsp3) is 0.533. The predicted molar refractivity (Wildman–Crippen MR) is 78.0 cm³/mol. The summed E-state index contributed by atoms with van der Waals surface area (Å²) in [6.07, 6.45) is 0.896. The lowest BCUT2D eigenvalue weighted by molar-refractivity contribution is -0.116. The first-order valence-electron chi connectivity index (χ1n) is 6.96. The van der Waals surface area contributed by atoms with Gasteiger partial charge in [-0.3, -0.25) is 4.79 Å². The fourth-order valence-electron chi connectivity index (χ4n) is 2.65. The Morgan fingerprint density at radius 1 is 1.55 bits per heavy atom. The molecule has 1 unspecified atom stereocenters. The number of anilines is 1. The molecule has 0 saturated carbocycles. The van der Waals surface area contributed by atoms with Gasteiger partial charge in [-0.1, -0.05) is 12.1 Å². The van der Waals surface area contributed by atoms with Gasteiger partial charge in [0.05, 0.1) is 17.9 Å². The van der Waals surface area contributed by atoms with Crippen molar-refractivity contribution >= 4 is 11.6 Å². The summed E-state index contributed by atoms with van der Waals surface area (Å²) >= 11 is 0. The van der Waals surface area contributed by atoms with Crippen LogP contribution in [0.25, 0.3) is 0 Å². The number of carbonyl (C=O) groups excluding carboxylic acids is 1. The highest BCUT2D eigenvalue weighted by atomic mass is 16.5. The van der Waals surface area contributed by atoms with E-state index >= 15 is 0 Å². The molecule has 5 heteroatoms. The largest absolute Gasteiger partial charge is 0.492 e. The van der Waals surface area contributed by atoms with Crippen LogP contribution in [0.3, 0.4) is 0 Å². The molecule has 0 aromatic heterocycles. The molecule has 20 heavy (non-hydrogen) atoms. The first-order chi connectivity index (χ1) is 9.50. The molecule has 0 radical (unpaired) electrons. The van der Waals surface area contributed by atoms with Crippen molar-refractivity contribution in [3.05, 3.63) is 23.8 Å². The van der Waals surface area contributed by atoms with E-state index in [-0.39, 0.29) is 12.5 Å². The number of rotatable bonds is 3. The lowest BCUT2D eigenvalue weighted by Gasteiger charge is -2.25. The van der Waals surface area contributed by atoms with Crippen molar-refractivity contribution in [3.8, 4) is 5.75 Å². The number of ether oxygens (including phenoxy) is 1. The van der Waals surface area contributed by atoms with Gasteiger partial charge >= 0.3 is 0 Å². The lowest BCUT2D eigenvalue weighted by atomic mass is 9.92. The van der Waals surface area contributed by atoms with E-state index in [4.69, 9.17) is 10.5 Å². The Kier molecular flexibility index (Phi) is 4.30. The number of benzene rings is 1. The molecule has 0 aliphatic carbocycles.